The summed E-state index contributed by atoms with van der Waals surface area (Å²) >= 11 is 0. The van der Waals surface area contributed by atoms with E-state index in [0.717, 1.165) is 37.5 Å². The van der Waals surface area contributed by atoms with Gasteiger partial charge in [0.1, 0.15) is 11.4 Å². The minimum absolute atomic E-state index is 0.159. The third-order valence-corrected chi connectivity index (χ3v) is 5.02. The van der Waals surface area contributed by atoms with Crippen LogP contribution in [0.1, 0.15) is 70.6 Å². The molecule has 1 atom stereocenters. The molecule has 3 heterocycles. The summed E-state index contributed by atoms with van der Waals surface area (Å²) in [5, 5.41) is 10.1. The van der Waals surface area contributed by atoms with Gasteiger partial charge < -0.3 is 5.32 Å². The van der Waals surface area contributed by atoms with E-state index in [4.69, 9.17) is 0 Å². The highest BCUT2D eigenvalue weighted by Gasteiger charge is 2.44. The fraction of sp³-hybridized carbons (Fsp3) is 0.765. The summed E-state index contributed by atoms with van der Waals surface area (Å²) in [6, 6.07) is -0.132. The van der Waals surface area contributed by atoms with Gasteiger partial charge in [-0.25, -0.2) is 9.78 Å². The van der Waals surface area contributed by atoms with E-state index < -0.39 is 5.54 Å². The molecule has 2 saturated heterocycles. The molecule has 0 spiro atoms. The fourth-order valence-corrected chi connectivity index (χ4v) is 3.51. The molecule has 3 amide bonds. The summed E-state index contributed by atoms with van der Waals surface area (Å²) in [5.41, 5.74) is -0.810. The maximum absolute atomic E-state index is 12.3. The number of hydrogen-bond acceptors (Lipinski definition) is 5. The van der Waals surface area contributed by atoms with Gasteiger partial charge in [0.05, 0.1) is 6.04 Å². The number of likely N-dealkylation sites (tertiary alicyclic amines) is 1. The van der Waals surface area contributed by atoms with Gasteiger partial charge in [-0.1, -0.05) is 20.3 Å². The lowest BCUT2D eigenvalue weighted by molar-refractivity contribution is -0.130. The number of carbonyl (C=O) groups excluding carboxylic acids is 2. The van der Waals surface area contributed by atoms with Gasteiger partial charge in [0.15, 0.2) is 5.82 Å². The molecule has 0 radical (unpaired) electrons. The molecule has 0 unspecified atom stereocenters. The summed E-state index contributed by atoms with van der Waals surface area (Å²) in [6.45, 7) is 9.61. The van der Waals surface area contributed by atoms with Crippen LogP contribution in [-0.2, 0) is 4.79 Å². The summed E-state index contributed by atoms with van der Waals surface area (Å²) in [5.74, 6) is 1.85. The van der Waals surface area contributed by atoms with Crippen LogP contribution in [0.4, 0.5) is 4.79 Å². The van der Waals surface area contributed by atoms with E-state index in [1.807, 2.05) is 0 Å². The van der Waals surface area contributed by atoms with Crippen LogP contribution < -0.4 is 5.32 Å². The SMILES string of the molecule is CC(C)c1n[nH]c([C@H]2CCCCN2CCN2C(=O)NC(C)(C)C2=O)n1. The van der Waals surface area contributed by atoms with Crippen molar-refractivity contribution in [2.45, 2.75) is 64.5 Å². The number of nitrogens with one attached hydrogen (secondary N) is 2. The molecule has 0 aliphatic carbocycles. The second kappa shape index (κ2) is 6.74. The molecule has 2 fully saturated rings. The quantitative estimate of drug-likeness (QED) is 0.791. The summed E-state index contributed by atoms with van der Waals surface area (Å²) in [4.78, 5) is 32.7. The van der Waals surface area contributed by atoms with E-state index in [2.05, 4.69) is 39.2 Å². The number of piperidine rings is 1. The van der Waals surface area contributed by atoms with E-state index in [0.29, 0.717) is 13.1 Å². The smallest absolute Gasteiger partial charge is 0.324 e. The Morgan fingerprint density at radius 2 is 2.00 bits per heavy atom. The second-order valence-electron chi connectivity index (χ2n) is 7.79. The first-order valence-corrected chi connectivity index (χ1v) is 9.10. The Labute approximate surface area is 148 Å². The predicted molar refractivity (Wildman–Crippen MR) is 93.0 cm³/mol. The van der Waals surface area contributed by atoms with Gasteiger partial charge in [0.25, 0.3) is 5.91 Å². The molecule has 8 nitrogen and oxygen atoms in total. The van der Waals surface area contributed by atoms with Crippen molar-refractivity contribution in [1.29, 1.82) is 0 Å². The van der Waals surface area contributed by atoms with Gasteiger partial charge in [-0.15, -0.1) is 0 Å². The Morgan fingerprint density at radius 1 is 1.24 bits per heavy atom. The maximum atomic E-state index is 12.3. The first-order valence-electron chi connectivity index (χ1n) is 9.10. The number of rotatable bonds is 5. The molecule has 2 aliphatic rings. The average molecular weight is 348 g/mol. The molecular weight excluding hydrogens is 320 g/mol. The highest BCUT2D eigenvalue weighted by Crippen LogP contribution is 2.29. The van der Waals surface area contributed by atoms with E-state index in [1.54, 1.807) is 13.8 Å². The van der Waals surface area contributed by atoms with Crippen LogP contribution >= 0.6 is 0 Å². The topological polar surface area (TPSA) is 94.2 Å². The van der Waals surface area contributed by atoms with Crippen molar-refractivity contribution in [3.63, 3.8) is 0 Å². The molecule has 2 aliphatic heterocycles. The summed E-state index contributed by atoms with van der Waals surface area (Å²) in [7, 11) is 0. The number of aromatic amines is 1. The first kappa shape index (κ1) is 17.8. The molecule has 2 N–H and O–H groups in total. The van der Waals surface area contributed by atoms with Crippen molar-refractivity contribution in [3.8, 4) is 0 Å². The zero-order valence-corrected chi connectivity index (χ0v) is 15.5. The summed E-state index contributed by atoms with van der Waals surface area (Å²) in [6.07, 6.45) is 3.28. The van der Waals surface area contributed by atoms with Gasteiger partial charge in [-0.2, -0.15) is 5.10 Å². The van der Waals surface area contributed by atoms with E-state index in [1.165, 1.54) is 4.90 Å². The van der Waals surface area contributed by atoms with Crippen molar-refractivity contribution in [3.05, 3.63) is 11.6 Å². The van der Waals surface area contributed by atoms with Crippen LogP contribution in [0.5, 0.6) is 0 Å². The number of amides is 3. The first-order chi connectivity index (χ1) is 11.8. The van der Waals surface area contributed by atoms with Gasteiger partial charge in [0.2, 0.25) is 0 Å². The summed E-state index contributed by atoms with van der Waals surface area (Å²) < 4.78 is 0. The number of carbonyl (C=O) groups is 2. The molecule has 138 valence electrons. The Kier molecular flexibility index (Phi) is 4.81. The molecule has 1 aromatic heterocycles. The molecule has 0 bridgehead atoms. The highest BCUT2D eigenvalue weighted by molar-refractivity contribution is 6.06. The monoisotopic (exact) mass is 348 g/mol. The third kappa shape index (κ3) is 3.53. The molecular formula is C17H28N6O2. The lowest BCUT2D eigenvalue weighted by Crippen LogP contribution is -2.43. The number of urea groups is 1. The van der Waals surface area contributed by atoms with Gasteiger partial charge >= 0.3 is 6.03 Å². The Hall–Kier alpha value is -1.96. The normalized spacial score (nSPS) is 24.2. The molecule has 25 heavy (non-hydrogen) atoms. The predicted octanol–water partition coefficient (Wildman–Crippen LogP) is 1.79. The van der Waals surface area contributed by atoms with Gasteiger partial charge in [-0.3, -0.25) is 19.7 Å². The number of nitrogens with zero attached hydrogens (tertiary/aromatic N) is 4. The number of aromatic nitrogens is 3. The molecule has 1 aromatic rings. The molecule has 3 rings (SSSR count). The highest BCUT2D eigenvalue weighted by atomic mass is 16.2. The van der Waals surface area contributed by atoms with Crippen molar-refractivity contribution >= 4 is 11.9 Å². The fourth-order valence-electron chi connectivity index (χ4n) is 3.51. The molecule has 8 heteroatoms. The maximum Gasteiger partial charge on any atom is 0.325 e. The zero-order chi connectivity index (χ0) is 18.2. The van der Waals surface area contributed by atoms with E-state index in [9.17, 15) is 9.59 Å². The minimum atomic E-state index is -0.810. The second-order valence-corrected chi connectivity index (χ2v) is 7.79. The zero-order valence-electron chi connectivity index (χ0n) is 15.5. The Bertz CT molecular complexity index is 653. The van der Waals surface area contributed by atoms with Crippen molar-refractivity contribution in [2.24, 2.45) is 0 Å². The minimum Gasteiger partial charge on any atom is -0.324 e. The van der Waals surface area contributed by atoms with Gasteiger partial charge in [-0.05, 0) is 33.2 Å². The van der Waals surface area contributed by atoms with Crippen LogP contribution in [0.25, 0.3) is 0 Å². The lowest BCUT2D eigenvalue weighted by atomic mass is 10.0. The van der Waals surface area contributed by atoms with Crippen molar-refractivity contribution in [2.75, 3.05) is 19.6 Å². The van der Waals surface area contributed by atoms with E-state index >= 15 is 0 Å². The largest absolute Gasteiger partial charge is 0.325 e. The van der Waals surface area contributed by atoms with Crippen LogP contribution in [0.3, 0.4) is 0 Å². The standard InChI is InChI=1S/C17H28N6O2/c1-11(2)13-18-14(21-20-13)12-7-5-6-8-22(12)9-10-23-15(24)17(3,4)19-16(23)25/h11-12H,5-10H2,1-4H3,(H,19,25)(H,18,20,21)/t12-/m1/s1. The Balaban J connectivity index is 1.67. The number of H-pyrrole nitrogens is 1. The average Bonchev–Trinajstić information content (AvgIpc) is 3.11. The van der Waals surface area contributed by atoms with E-state index in [-0.39, 0.29) is 23.9 Å². The molecule has 0 aromatic carbocycles. The lowest BCUT2D eigenvalue weighted by Gasteiger charge is -2.35. The Morgan fingerprint density at radius 3 is 2.60 bits per heavy atom. The number of hydrogen-bond donors (Lipinski definition) is 2. The number of imide groups is 1. The third-order valence-electron chi connectivity index (χ3n) is 5.02. The van der Waals surface area contributed by atoms with Crippen LogP contribution in [0.2, 0.25) is 0 Å². The van der Waals surface area contributed by atoms with Crippen LogP contribution in [-0.4, -0.2) is 62.1 Å². The van der Waals surface area contributed by atoms with Gasteiger partial charge in [0, 0.05) is 19.0 Å². The van der Waals surface area contributed by atoms with Crippen molar-refractivity contribution < 1.29 is 9.59 Å². The van der Waals surface area contributed by atoms with Crippen LogP contribution in [0, 0.1) is 0 Å². The van der Waals surface area contributed by atoms with Crippen molar-refractivity contribution in [1.82, 2.24) is 30.3 Å². The van der Waals surface area contributed by atoms with Crippen LogP contribution in [0.15, 0.2) is 0 Å². The molecule has 0 saturated carbocycles.